The topological polar surface area (TPSA) is 102 Å². The van der Waals surface area contributed by atoms with Crippen molar-refractivity contribution < 1.29 is 38.4 Å². The lowest BCUT2D eigenvalue weighted by molar-refractivity contribution is -0.146. The molecular formula is C39H53FO7. The van der Waals surface area contributed by atoms with Crippen molar-refractivity contribution in [3.8, 4) is 16.9 Å². The van der Waals surface area contributed by atoms with Crippen molar-refractivity contribution in [3.05, 3.63) is 77.6 Å². The molecule has 3 rings (SSSR count). The van der Waals surface area contributed by atoms with Crippen molar-refractivity contribution in [1.29, 1.82) is 0 Å². The summed E-state index contributed by atoms with van der Waals surface area (Å²) in [4.78, 5) is 23.8. The fraction of sp³-hybridized carbons (Fsp3) is 0.538. The second-order valence-electron chi connectivity index (χ2n) is 13.3. The van der Waals surface area contributed by atoms with Gasteiger partial charge in [0.2, 0.25) is 0 Å². The van der Waals surface area contributed by atoms with Crippen molar-refractivity contribution >= 4 is 11.9 Å². The monoisotopic (exact) mass is 652 g/mol. The Kier molecular flexibility index (Phi) is 15.1. The SMILES string of the molecule is C=C(C)C(=O)OCCCc1cc(-c2ccc(C3CCC(CCCCC)CC3)cc2F)ccc1OCC(CO)(CO)COC(=O)C(=C)C. The first-order valence-corrected chi connectivity index (χ1v) is 16.9. The van der Waals surface area contributed by atoms with Crippen LogP contribution in [0, 0.1) is 17.2 Å². The van der Waals surface area contributed by atoms with Gasteiger partial charge in [0.1, 0.15) is 24.8 Å². The predicted molar refractivity (Wildman–Crippen MR) is 183 cm³/mol. The van der Waals surface area contributed by atoms with Gasteiger partial charge in [0.05, 0.1) is 25.2 Å². The number of hydrogen-bond donors (Lipinski definition) is 2. The molecule has 2 N–H and O–H groups in total. The van der Waals surface area contributed by atoms with E-state index in [1.54, 1.807) is 25.1 Å². The molecule has 0 radical (unpaired) electrons. The normalized spacial score (nSPS) is 16.4. The van der Waals surface area contributed by atoms with E-state index in [1.807, 2.05) is 18.2 Å². The van der Waals surface area contributed by atoms with Crippen LogP contribution < -0.4 is 4.74 Å². The summed E-state index contributed by atoms with van der Waals surface area (Å²) >= 11 is 0. The fourth-order valence-corrected chi connectivity index (χ4v) is 5.97. The fourth-order valence-electron chi connectivity index (χ4n) is 5.97. The number of ether oxygens (including phenoxy) is 3. The van der Waals surface area contributed by atoms with Crippen LogP contribution in [-0.2, 0) is 25.5 Å². The smallest absolute Gasteiger partial charge is 0.333 e. The van der Waals surface area contributed by atoms with Gasteiger partial charge in [-0.05, 0) is 99.1 Å². The quantitative estimate of drug-likeness (QED) is 0.0905. The summed E-state index contributed by atoms with van der Waals surface area (Å²) in [5.74, 6) is 0.252. The summed E-state index contributed by atoms with van der Waals surface area (Å²) in [6, 6.07) is 10.9. The Morgan fingerprint density at radius 3 is 2.19 bits per heavy atom. The van der Waals surface area contributed by atoms with E-state index in [0.717, 1.165) is 29.9 Å². The van der Waals surface area contributed by atoms with E-state index in [9.17, 15) is 19.8 Å². The summed E-state index contributed by atoms with van der Waals surface area (Å²) in [7, 11) is 0. The number of benzene rings is 2. The number of halogens is 1. The number of hydrogen-bond acceptors (Lipinski definition) is 7. The Morgan fingerprint density at radius 2 is 1.57 bits per heavy atom. The molecule has 0 unspecified atom stereocenters. The molecule has 1 fully saturated rings. The number of esters is 2. The Morgan fingerprint density at radius 1 is 0.894 bits per heavy atom. The predicted octanol–water partition coefficient (Wildman–Crippen LogP) is 7.87. The molecule has 2 aromatic carbocycles. The molecule has 0 aromatic heterocycles. The maximum atomic E-state index is 15.7. The van der Waals surface area contributed by atoms with Crippen LogP contribution in [0.5, 0.6) is 5.75 Å². The van der Waals surface area contributed by atoms with Gasteiger partial charge in [-0.2, -0.15) is 0 Å². The molecular weight excluding hydrogens is 599 g/mol. The van der Waals surface area contributed by atoms with Crippen molar-refractivity contribution in [2.75, 3.05) is 33.0 Å². The summed E-state index contributed by atoms with van der Waals surface area (Å²) in [5, 5.41) is 20.2. The number of aliphatic hydroxyl groups excluding tert-OH is 2. The summed E-state index contributed by atoms with van der Waals surface area (Å²) in [5.41, 5.74) is 2.21. The van der Waals surface area contributed by atoms with Gasteiger partial charge in [-0.15, -0.1) is 0 Å². The molecule has 7 nitrogen and oxygen atoms in total. The van der Waals surface area contributed by atoms with E-state index < -0.39 is 30.6 Å². The third-order valence-electron chi connectivity index (χ3n) is 9.13. The molecule has 47 heavy (non-hydrogen) atoms. The van der Waals surface area contributed by atoms with Crippen molar-refractivity contribution in [3.63, 3.8) is 0 Å². The van der Waals surface area contributed by atoms with Crippen LogP contribution in [0.25, 0.3) is 11.1 Å². The third-order valence-corrected chi connectivity index (χ3v) is 9.13. The maximum absolute atomic E-state index is 15.7. The number of unbranched alkanes of at least 4 members (excludes halogenated alkanes) is 2. The van der Waals surface area contributed by atoms with E-state index in [-0.39, 0.29) is 31.2 Å². The van der Waals surface area contributed by atoms with Gasteiger partial charge in [0.25, 0.3) is 0 Å². The Bertz CT molecular complexity index is 1360. The first kappa shape index (κ1) is 38.0. The van der Waals surface area contributed by atoms with Gasteiger partial charge in [-0.25, -0.2) is 14.0 Å². The first-order valence-electron chi connectivity index (χ1n) is 16.9. The molecule has 8 heteroatoms. The number of carbonyl (C=O) groups excluding carboxylic acids is 2. The summed E-state index contributed by atoms with van der Waals surface area (Å²) in [6.45, 7) is 11.2. The van der Waals surface area contributed by atoms with Crippen LogP contribution in [0.3, 0.4) is 0 Å². The second kappa shape index (κ2) is 18.7. The highest BCUT2D eigenvalue weighted by molar-refractivity contribution is 5.87. The van der Waals surface area contributed by atoms with Crippen LogP contribution in [0.1, 0.15) is 95.6 Å². The molecule has 0 spiro atoms. The number of carbonyl (C=O) groups is 2. The Hall–Kier alpha value is -3.49. The lowest BCUT2D eigenvalue weighted by Gasteiger charge is -2.29. The molecule has 258 valence electrons. The van der Waals surface area contributed by atoms with Crippen LogP contribution in [0.4, 0.5) is 4.39 Å². The van der Waals surface area contributed by atoms with E-state index in [4.69, 9.17) is 14.2 Å². The lowest BCUT2D eigenvalue weighted by Crippen LogP contribution is -2.41. The van der Waals surface area contributed by atoms with Crippen LogP contribution in [0.2, 0.25) is 0 Å². The second-order valence-corrected chi connectivity index (χ2v) is 13.3. The molecule has 0 bridgehead atoms. The Labute approximate surface area is 279 Å². The van der Waals surface area contributed by atoms with Gasteiger partial charge in [0, 0.05) is 16.7 Å². The highest BCUT2D eigenvalue weighted by Crippen LogP contribution is 2.39. The molecule has 0 saturated heterocycles. The molecule has 2 aromatic rings. The zero-order chi connectivity index (χ0) is 34.4. The van der Waals surface area contributed by atoms with Crippen LogP contribution in [0.15, 0.2) is 60.7 Å². The maximum Gasteiger partial charge on any atom is 0.333 e. The standard InChI is InChI=1S/C39H53FO7/c1-6-7-8-10-29-12-14-30(15-13-29)31-16-18-34(35(40)22-31)32-17-19-36(33(21-32)11-9-20-45-37(43)27(2)3)46-25-39(23-41,24-42)26-47-38(44)28(4)5/h16-19,21-22,29-30,41-42H,2,4,6-15,20,23-26H2,1,3,5H3. The molecule has 1 aliphatic rings. The number of aliphatic hydroxyl groups is 2. The minimum absolute atomic E-state index is 0.148. The molecule has 0 aliphatic heterocycles. The number of aryl methyl sites for hydroxylation is 1. The lowest BCUT2D eigenvalue weighted by atomic mass is 9.77. The molecule has 1 saturated carbocycles. The summed E-state index contributed by atoms with van der Waals surface area (Å²) in [6.07, 6.45) is 10.7. The summed E-state index contributed by atoms with van der Waals surface area (Å²) < 4.78 is 32.3. The number of rotatable bonds is 19. The van der Waals surface area contributed by atoms with E-state index in [2.05, 4.69) is 20.1 Å². The Balaban J connectivity index is 1.78. The molecule has 0 atom stereocenters. The van der Waals surface area contributed by atoms with Crippen molar-refractivity contribution in [2.45, 2.75) is 90.9 Å². The van der Waals surface area contributed by atoms with Gasteiger partial charge in [-0.3, -0.25) is 0 Å². The largest absolute Gasteiger partial charge is 0.492 e. The molecule has 0 heterocycles. The highest BCUT2D eigenvalue weighted by atomic mass is 19.1. The van der Waals surface area contributed by atoms with Gasteiger partial charge < -0.3 is 24.4 Å². The minimum Gasteiger partial charge on any atom is -0.492 e. The average Bonchev–Trinajstić information content (AvgIpc) is 3.07. The van der Waals surface area contributed by atoms with Crippen LogP contribution in [-0.4, -0.2) is 55.2 Å². The van der Waals surface area contributed by atoms with Gasteiger partial charge >= 0.3 is 11.9 Å². The van der Waals surface area contributed by atoms with Gasteiger partial charge in [0.15, 0.2) is 0 Å². The zero-order valence-corrected chi connectivity index (χ0v) is 28.5. The van der Waals surface area contributed by atoms with Crippen molar-refractivity contribution in [2.24, 2.45) is 11.3 Å². The third kappa shape index (κ3) is 11.3. The minimum atomic E-state index is -1.26. The van der Waals surface area contributed by atoms with Crippen molar-refractivity contribution in [1.82, 2.24) is 0 Å². The first-order chi connectivity index (χ1) is 22.5. The molecule has 0 amide bonds. The zero-order valence-electron chi connectivity index (χ0n) is 28.5. The van der Waals surface area contributed by atoms with E-state index in [1.165, 1.54) is 45.4 Å². The van der Waals surface area contributed by atoms with Crippen LogP contribution >= 0.6 is 0 Å². The van der Waals surface area contributed by atoms with E-state index >= 15 is 4.39 Å². The average molecular weight is 653 g/mol. The molecule has 1 aliphatic carbocycles. The van der Waals surface area contributed by atoms with Gasteiger partial charge in [-0.1, -0.05) is 64.0 Å². The highest BCUT2D eigenvalue weighted by Gasteiger charge is 2.33. The van der Waals surface area contributed by atoms with E-state index in [0.29, 0.717) is 41.2 Å².